The maximum atomic E-state index is 12.6. The molecule has 158 valence electrons. The summed E-state index contributed by atoms with van der Waals surface area (Å²) in [4.78, 5) is 31.1. The molecule has 6 heteroatoms. The van der Waals surface area contributed by atoms with Crippen LogP contribution in [-0.4, -0.2) is 65.9 Å². The number of nitrogens with zero attached hydrogens (tertiary/aromatic N) is 3. The summed E-state index contributed by atoms with van der Waals surface area (Å²) >= 11 is 0. The van der Waals surface area contributed by atoms with Crippen LogP contribution in [0, 0.1) is 6.92 Å². The van der Waals surface area contributed by atoms with Crippen molar-refractivity contribution in [2.45, 2.75) is 26.4 Å². The van der Waals surface area contributed by atoms with E-state index in [4.69, 9.17) is 0 Å². The van der Waals surface area contributed by atoms with Crippen LogP contribution in [0.25, 0.3) is 0 Å². The van der Waals surface area contributed by atoms with Gasteiger partial charge in [0.25, 0.3) is 0 Å². The summed E-state index contributed by atoms with van der Waals surface area (Å²) in [5.41, 5.74) is 5.09. The van der Waals surface area contributed by atoms with E-state index in [-0.39, 0.29) is 18.5 Å². The molecule has 1 fully saturated rings. The second-order valence-corrected chi connectivity index (χ2v) is 8.24. The van der Waals surface area contributed by atoms with Crippen LogP contribution >= 0.6 is 0 Å². The molecule has 0 aromatic heterocycles. The Hall–Kier alpha value is -2.86. The zero-order valence-corrected chi connectivity index (χ0v) is 17.6. The molecule has 1 saturated heterocycles. The van der Waals surface area contributed by atoms with E-state index in [1.807, 2.05) is 21.9 Å². The quantitative estimate of drug-likeness (QED) is 0.848. The molecule has 30 heavy (non-hydrogen) atoms. The first-order chi connectivity index (χ1) is 14.6. The van der Waals surface area contributed by atoms with Gasteiger partial charge in [0.2, 0.25) is 5.91 Å². The lowest BCUT2D eigenvalue weighted by molar-refractivity contribution is -0.131. The number of amides is 3. The van der Waals surface area contributed by atoms with Crippen LogP contribution in [0.3, 0.4) is 0 Å². The summed E-state index contributed by atoms with van der Waals surface area (Å²) in [6, 6.07) is 16.7. The van der Waals surface area contributed by atoms with Gasteiger partial charge >= 0.3 is 6.03 Å². The number of carbonyl (C=O) groups excluding carboxylic acids is 2. The first-order valence-electron chi connectivity index (χ1n) is 10.7. The van der Waals surface area contributed by atoms with E-state index in [2.05, 4.69) is 53.5 Å². The number of carbonyl (C=O) groups is 2. The molecule has 0 unspecified atom stereocenters. The number of hydrogen-bond acceptors (Lipinski definition) is 3. The van der Waals surface area contributed by atoms with Gasteiger partial charge in [-0.05, 0) is 30.0 Å². The highest BCUT2D eigenvalue weighted by molar-refractivity contribution is 5.84. The van der Waals surface area contributed by atoms with Gasteiger partial charge in [-0.1, -0.05) is 54.1 Å². The summed E-state index contributed by atoms with van der Waals surface area (Å²) in [7, 11) is 0. The average Bonchev–Trinajstić information content (AvgIpc) is 2.77. The van der Waals surface area contributed by atoms with Crippen molar-refractivity contribution >= 4 is 11.9 Å². The SMILES string of the molecule is Cc1cccc(CN2CCN(C(=O)NCC(=O)N3CCc4ccccc4C3)CC2)c1. The number of benzene rings is 2. The molecule has 0 radical (unpaired) electrons. The number of aryl methyl sites for hydroxylation is 1. The van der Waals surface area contributed by atoms with E-state index >= 15 is 0 Å². The zero-order valence-electron chi connectivity index (χ0n) is 17.6. The van der Waals surface area contributed by atoms with Crippen molar-refractivity contribution in [3.05, 3.63) is 70.8 Å². The smallest absolute Gasteiger partial charge is 0.317 e. The van der Waals surface area contributed by atoms with Gasteiger partial charge in [-0.15, -0.1) is 0 Å². The van der Waals surface area contributed by atoms with Crippen molar-refractivity contribution in [3.8, 4) is 0 Å². The molecule has 4 rings (SSSR count). The van der Waals surface area contributed by atoms with Crippen LogP contribution in [0.15, 0.2) is 48.5 Å². The van der Waals surface area contributed by atoms with Crippen LogP contribution in [0.1, 0.15) is 22.3 Å². The number of urea groups is 1. The predicted octanol–water partition coefficient (Wildman–Crippen LogP) is 2.41. The van der Waals surface area contributed by atoms with Gasteiger partial charge in [0.05, 0.1) is 6.54 Å². The minimum absolute atomic E-state index is 0.0177. The maximum Gasteiger partial charge on any atom is 0.317 e. The summed E-state index contributed by atoms with van der Waals surface area (Å²) in [5.74, 6) is -0.0177. The molecule has 2 aliphatic heterocycles. The molecule has 2 aliphatic rings. The molecule has 3 amide bonds. The summed E-state index contributed by atoms with van der Waals surface area (Å²) in [5, 5.41) is 2.82. The van der Waals surface area contributed by atoms with E-state index in [0.717, 1.165) is 26.1 Å². The predicted molar refractivity (Wildman–Crippen MR) is 117 cm³/mol. The summed E-state index contributed by atoms with van der Waals surface area (Å²) in [6.07, 6.45) is 0.874. The largest absolute Gasteiger partial charge is 0.336 e. The third-order valence-electron chi connectivity index (χ3n) is 6.02. The normalized spacial score (nSPS) is 16.8. The summed E-state index contributed by atoms with van der Waals surface area (Å²) in [6.45, 7) is 7.47. The maximum absolute atomic E-state index is 12.6. The lowest BCUT2D eigenvalue weighted by Gasteiger charge is -2.35. The van der Waals surface area contributed by atoms with Gasteiger partial charge in [-0.2, -0.15) is 0 Å². The Morgan fingerprint density at radius 1 is 0.900 bits per heavy atom. The number of hydrogen-bond donors (Lipinski definition) is 1. The van der Waals surface area contributed by atoms with Crippen LogP contribution in [0.2, 0.25) is 0 Å². The molecule has 2 aromatic carbocycles. The van der Waals surface area contributed by atoms with Gasteiger partial charge in [-0.25, -0.2) is 4.79 Å². The highest BCUT2D eigenvalue weighted by atomic mass is 16.2. The molecule has 2 aromatic rings. The molecule has 2 heterocycles. The Morgan fingerprint density at radius 3 is 2.43 bits per heavy atom. The molecular weight excluding hydrogens is 376 g/mol. The lowest BCUT2D eigenvalue weighted by atomic mass is 10.00. The Balaban J connectivity index is 1.20. The molecule has 6 nitrogen and oxygen atoms in total. The number of fused-ring (bicyclic) bond motifs is 1. The molecule has 1 N–H and O–H groups in total. The topological polar surface area (TPSA) is 55.9 Å². The van der Waals surface area contributed by atoms with Crippen molar-refractivity contribution < 1.29 is 9.59 Å². The van der Waals surface area contributed by atoms with Gasteiger partial charge in [-0.3, -0.25) is 9.69 Å². The van der Waals surface area contributed by atoms with Crippen molar-refractivity contribution in [2.75, 3.05) is 39.3 Å². The standard InChI is InChI=1S/C24H30N4O2/c1-19-5-4-6-20(15-19)17-26-11-13-27(14-12-26)24(30)25-16-23(29)28-10-9-21-7-2-3-8-22(21)18-28/h2-8,15H,9-14,16-18H2,1H3,(H,25,30). The lowest BCUT2D eigenvalue weighted by Crippen LogP contribution is -2.53. The highest BCUT2D eigenvalue weighted by Crippen LogP contribution is 2.18. The van der Waals surface area contributed by atoms with Crippen LogP contribution in [0.4, 0.5) is 4.79 Å². The third-order valence-corrected chi connectivity index (χ3v) is 6.02. The van der Waals surface area contributed by atoms with Crippen molar-refractivity contribution in [1.82, 2.24) is 20.0 Å². The molecule has 0 bridgehead atoms. The summed E-state index contributed by atoms with van der Waals surface area (Å²) < 4.78 is 0. The Bertz CT molecular complexity index is 906. The van der Waals surface area contributed by atoms with E-state index in [1.165, 1.54) is 22.3 Å². The first kappa shape index (κ1) is 20.4. The van der Waals surface area contributed by atoms with Gasteiger partial charge in [0.1, 0.15) is 0 Å². The fourth-order valence-corrected chi connectivity index (χ4v) is 4.26. The van der Waals surface area contributed by atoms with Crippen molar-refractivity contribution in [3.63, 3.8) is 0 Å². The first-order valence-corrected chi connectivity index (χ1v) is 10.7. The minimum atomic E-state index is -0.143. The Labute approximate surface area is 178 Å². The van der Waals surface area contributed by atoms with E-state index in [9.17, 15) is 9.59 Å². The van der Waals surface area contributed by atoms with E-state index < -0.39 is 0 Å². The van der Waals surface area contributed by atoms with Gasteiger partial charge in [0, 0.05) is 45.8 Å². The minimum Gasteiger partial charge on any atom is -0.336 e. The molecule has 0 aliphatic carbocycles. The molecular formula is C24H30N4O2. The zero-order chi connectivity index (χ0) is 20.9. The van der Waals surface area contributed by atoms with E-state index in [0.29, 0.717) is 26.2 Å². The fraction of sp³-hybridized carbons (Fsp3) is 0.417. The van der Waals surface area contributed by atoms with Crippen molar-refractivity contribution in [2.24, 2.45) is 0 Å². The van der Waals surface area contributed by atoms with Crippen LogP contribution in [-0.2, 0) is 24.3 Å². The highest BCUT2D eigenvalue weighted by Gasteiger charge is 2.24. The number of rotatable bonds is 4. The molecule has 0 atom stereocenters. The molecule has 0 spiro atoms. The number of nitrogens with one attached hydrogen (secondary N) is 1. The van der Waals surface area contributed by atoms with Gasteiger partial charge in [0.15, 0.2) is 0 Å². The van der Waals surface area contributed by atoms with E-state index in [1.54, 1.807) is 0 Å². The van der Waals surface area contributed by atoms with Gasteiger partial charge < -0.3 is 15.1 Å². The second kappa shape index (κ2) is 9.30. The second-order valence-electron chi connectivity index (χ2n) is 8.24. The van der Waals surface area contributed by atoms with Crippen LogP contribution in [0.5, 0.6) is 0 Å². The number of piperazine rings is 1. The fourth-order valence-electron chi connectivity index (χ4n) is 4.26. The Morgan fingerprint density at radius 2 is 1.67 bits per heavy atom. The monoisotopic (exact) mass is 406 g/mol. The Kier molecular flexibility index (Phi) is 6.33. The third kappa shape index (κ3) is 5.00. The average molecular weight is 407 g/mol. The van der Waals surface area contributed by atoms with Crippen molar-refractivity contribution in [1.29, 1.82) is 0 Å². The van der Waals surface area contributed by atoms with Crippen LogP contribution < -0.4 is 5.32 Å². The molecule has 0 saturated carbocycles.